The molecule has 0 saturated heterocycles. The van der Waals surface area contributed by atoms with E-state index in [1.54, 1.807) is 0 Å². The molecule has 9 aromatic carbocycles. The second kappa shape index (κ2) is 11.8. The lowest BCUT2D eigenvalue weighted by Crippen LogP contribution is -2.00. The van der Waals surface area contributed by atoms with Gasteiger partial charge in [-0.1, -0.05) is 121 Å². The van der Waals surface area contributed by atoms with E-state index in [2.05, 4.69) is 225 Å². The summed E-state index contributed by atoms with van der Waals surface area (Å²) in [5.74, 6) is 0. The highest BCUT2D eigenvalue weighted by Crippen LogP contribution is 2.42. The minimum Gasteiger partial charge on any atom is -0.309 e. The third-order valence-corrected chi connectivity index (χ3v) is 12.3. The van der Waals surface area contributed by atoms with E-state index < -0.39 is 0 Å². The van der Waals surface area contributed by atoms with Crippen LogP contribution < -0.4 is 0 Å². The van der Waals surface area contributed by atoms with E-state index in [1.807, 2.05) is 0 Å². The van der Waals surface area contributed by atoms with E-state index in [4.69, 9.17) is 0 Å². The number of benzene rings is 9. The number of para-hydroxylation sites is 7. The Kier molecular flexibility index (Phi) is 6.41. The molecule has 0 aliphatic heterocycles. The molecule has 4 heteroatoms. The van der Waals surface area contributed by atoms with E-state index in [0.717, 1.165) is 22.7 Å². The molecular formula is C54H34N4. The molecule has 0 aliphatic carbocycles. The van der Waals surface area contributed by atoms with Gasteiger partial charge in [0.05, 0.1) is 49.8 Å². The normalized spacial score (nSPS) is 12.1. The van der Waals surface area contributed by atoms with Crippen molar-refractivity contribution >= 4 is 87.2 Å². The summed E-state index contributed by atoms with van der Waals surface area (Å²) in [6, 6.07) is 75.5. The van der Waals surface area contributed by atoms with Crippen LogP contribution in [-0.2, 0) is 0 Å². The van der Waals surface area contributed by atoms with Crippen molar-refractivity contribution in [1.29, 1.82) is 0 Å². The molecule has 270 valence electrons. The van der Waals surface area contributed by atoms with Gasteiger partial charge in [0, 0.05) is 60.2 Å². The molecule has 0 unspecified atom stereocenters. The quantitative estimate of drug-likeness (QED) is 0.171. The maximum atomic E-state index is 2.49. The molecule has 0 bridgehead atoms. The second-order valence-corrected chi connectivity index (χ2v) is 15.3. The molecule has 13 rings (SSSR count). The number of fused-ring (bicyclic) bond motifs is 12. The van der Waals surface area contributed by atoms with E-state index in [9.17, 15) is 0 Å². The molecule has 0 fully saturated rings. The van der Waals surface area contributed by atoms with Crippen molar-refractivity contribution in [2.24, 2.45) is 0 Å². The summed E-state index contributed by atoms with van der Waals surface area (Å²) in [5.41, 5.74) is 14.1. The van der Waals surface area contributed by atoms with E-state index in [0.29, 0.717) is 0 Å². The lowest BCUT2D eigenvalue weighted by Gasteiger charge is -2.15. The maximum Gasteiger partial charge on any atom is 0.0782 e. The summed E-state index contributed by atoms with van der Waals surface area (Å²) in [7, 11) is 0. The summed E-state index contributed by atoms with van der Waals surface area (Å²) >= 11 is 0. The van der Waals surface area contributed by atoms with Crippen molar-refractivity contribution in [2.45, 2.75) is 0 Å². The number of hydrogen-bond acceptors (Lipinski definition) is 0. The van der Waals surface area contributed by atoms with Crippen LogP contribution in [0.15, 0.2) is 206 Å². The smallest absolute Gasteiger partial charge is 0.0782 e. The molecule has 4 heterocycles. The van der Waals surface area contributed by atoms with E-state index >= 15 is 0 Å². The van der Waals surface area contributed by atoms with Gasteiger partial charge in [-0.15, -0.1) is 0 Å². The molecule has 13 aromatic rings. The molecule has 4 aromatic heterocycles. The van der Waals surface area contributed by atoms with Crippen molar-refractivity contribution in [3.63, 3.8) is 0 Å². The van der Waals surface area contributed by atoms with Gasteiger partial charge in [0.2, 0.25) is 0 Å². The molecule has 4 nitrogen and oxygen atoms in total. The molecule has 0 radical (unpaired) electrons. The molecule has 0 spiro atoms. The van der Waals surface area contributed by atoms with Gasteiger partial charge in [0.15, 0.2) is 0 Å². The van der Waals surface area contributed by atoms with Crippen LogP contribution in [0.25, 0.3) is 110 Å². The average Bonchev–Trinajstić information content (AvgIpc) is 4.01. The first kappa shape index (κ1) is 31.4. The lowest BCUT2D eigenvalue weighted by atomic mass is 10.1. The van der Waals surface area contributed by atoms with Gasteiger partial charge >= 0.3 is 0 Å². The third-order valence-electron chi connectivity index (χ3n) is 12.3. The van der Waals surface area contributed by atoms with Crippen LogP contribution in [0.2, 0.25) is 0 Å². The summed E-state index contributed by atoms with van der Waals surface area (Å²) in [4.78, 5) is 0. The predicted octanol–water partition coefficient (Wildman–Crippen LogP) is 14.1. The number of hydrogen-bond donors (Lipinski definition) is 0. The highest BCUT2D eigenvalue weighted by atomic mass is 15.1. The van der Waals surface area contributed by atoms with Crippen LogP contribution in [0.5, 0.6) is 0 Å². The zero-order chi connectivity index (χ0) is 37.9. The van der Waals surface area contributed by atoms with Gasteiger partial charge in [-0.2, -0.15) is 0 Å². The Bertz CT molecular complexity index is 3690. The average molecular weight is 739 g/mol. The standard InChI is InChI=1S/C54H34N4/c1-2-15-35(16-3-1)55-51-31-29-36(56-46-23-9-4-17-38(46)39-18-5-10-24-47(39)56)33-44(51)45-34-37(30-32-52(45)55)57-48-25-11-8-21-42(48)43-22-14-28-53(54(43)57)58-49-26-12-6-19-40(49)41-20-7-13-27-50(41)58/h1-34H. The van der Waals surface area contributed by atoms with Crippen LogP contribution in [0.3, 0.4) is 0 Å². The molecule has 0 amide bonds. The van der Waals surface area contributed by atoms with Crippen LogP contribution >= 0.6 is 0 Å². The van der Waals surface area contributed by atoms with E-state index in [-0.39, 0.29) is 0 Å². The zero-order valence-electron chi connectivity index (χ0n) is 31.4. The first-order valence-corrected chi connectivity index (χ1v) is 20.0. The fourth-order valence-corrected chi connectivity index (χ4v) is 9.96. The van der Waals surface area contributed by atoms with Crippen molar-refractivity contribution < 1.29 is 0 Å². The monoisotopic (exact) mass is 738 g/mol. The summed E-state index contributed by atoms with van der Waals surface area (Å²) in [5, 5.41) is 9.92. The third kappa shape index (κ3) is 4.23. The van der Waals surface area contributed by atoms with Crippen LogP contribution in [0.1, 0.15) is 0 Å². The molecule has 0 aliphatic rings. The lowest BCUT2D eigenvalue weighted by molar-refractivity contribution is 1.13. The van der Waals surface area contributed by atoms with E-state index in [1.165, 1.54) is 87.2 Å². The fraction of sp³-hybridized carbons (Fsp3) is 0. The van der Waals surface area contributed by atoms with Gasteiger partial charge in [-0.3, -0.25) is 0 Å². The SMILES string of the molecule is c1ccc(-n2c3ccc(-n4c5ccccc5c5ccccc54)cc3c3cc(-n4c5ccccc5c5cccc(-n6c7ccccc7c7ccccc76)c54)ccc32)cc1. The maximum absolute atomic E-state index is 2.49. The number of aromatic nitrogens is 4. The fourth-order valence-electron chi connectivity index (χ4n) is 9.96. The van der Waals surface area contributed by atoms with Crippen molar-refractivity contribution in [2.75, 3.05) is 0 Å². The minimum atomic E-state index is 1.13. The summed E-state index contributed by atoms with van der Waals surface area (Å²) < 4.78 is 9.79. The first-order chi connectivity index (χ1) is 28.8. The predicted molar refractivity (Wildman–Crippen MR) is 244 cm³/mol. The molecule has 0 N–H and O–H groups in total. The zero-order valence-corrected chi connectivity index (χ0v) is 31.4. The van der Waals surface area contributed by atoms with Crippen LogP contribution in [-0.4, -0.2) is 18.3 Å². The molecular weight excluding hydrogens is 705 g/mol. The topological polar surface area (TPSA) is 19.7 Å². The highest BCUT2D eigenvalue weighted by Gasteiger charge is 2.22. The van der Waals surface area contributed by atoms with Crippen molar-refractivity contribution in [1.82, 2.24) is 18.3 Å². The van der Waals surface area contributed by atoms with Gasteiger partial charge in [0.1, 0.15) is 0 Å². The minimum absolute atomic E-state index is 1.13. The van der Waals surface area contributed by atoms with Gasteiger partial charge in [-0.25, -0.2) is 0 Å². The Morgan fingerprint density at radius 1 is 0.207 bits per heavy atom. The van der Waals surface area contributed by atoms with Crippen LogP contribution in [0.4, 0.5) is 0 Å². The van der Waals surface area contributed by atoms with Crippen molar-refractivity contribution in [3.8, 4) is 22.7 Å². The molecule has 0 atom stereocenters. The first-order valence-electron chi connectivity index (χ1n) is 20.0. The Labute approximate surface area is 333 Å². The molecule has 0 saturated carbocycles. The Hall–Kier alpha value is -7.82. The van der Waals surface area contributed by atoms with Crippen LogP contribution in [0, 0.1) is 0 Å². The highest BCUT2D eigenvalue weighted by molar-refractivity contribution is 6.16. The summed E-state index contributed by atoms with van der Waals surface area (Å²) in [6.45, 7) is 0. The number of rotatable bonds is 4. The second-order valence-electron chi connectivity index (χ2n) is 15.3. The Balaban J connectivity index is 1.13. The Morgan fingerprint density at radius 2 is 0.569 bits per heavy atom. The van der Waals surface area contributed by atoms with Gasteiger partial charge in [-0.05, 0) is 84.9 Å². The van der Waals surface area contributed by atoms with Gasteiger partial charge in [0.25, 0.3) is 0 Å². The Morgan fingerprint density at radius 3 is 1.09 bits per heavy atom. The van der Waals surface area contributed by atoms with Crippen molar-refractivity contribution in [3.05, 3.63) is 206 Å². The molecule has 58 heavy (non-hydrogen) atoms. The summed E-state index contributed by atoms with van der Waals surface area (Å²) in [6.07, 6.45) is 0. The largest absolute Gasteiger partial charge is 0.309 e. The number of nitrogens with zero attached hydrogens (tertiary/aromatic N) is 4. The van der Waals surface area contributed by atoms with Gasteiger partial charge < -0.3 is 18.3 Å².